The van der Waals surface area contributed by atoms with E-state index in [1.54, 1.807) is 0 Å². The van der Waals surface area contributed by atoms with Crippen LogP contribution in [-0.2, 0) is 13.0 Å². The highest BCUT2D eigenvalue weighted by Crippen LogP contribution is 2.42. The van der Waals surface area contributed by atoms with Crippen LogP contribution in [0.2, 0.25) is 0 Å². The first-order valence-electron chi connectivity index (χ1n) is 5.16. The van der Waals surface area contributed by atoms with Gasteiger partial charge in [-0.15, -0.1) is 0 Å². The average Bonchev–Trinajstić information content (AvgIpc) is 2.89. The molecular weight excluding hydrogens is 162 g/mol. The zero-order valence-electron chi connectivity index (χ0n) is 8.18. The minimum absolute atomic E-state index is 0.624. The molecule has 1 fully saturated rings. The Morgan fingerprint density at radius 3 is 2.85 bits per heavy atom. The van der Waals surface area contributed by atoms with Crippen LogP contribution in [-0.4, -0.2) is 0 Å². The van der Waals surface area contributed by atoms with Gasteiger partial charge in [-0.3, -0.25) is 0 Å². The van der Waals surface area contributed by atoms with E-state index >= 15 is 0 Å². The minimum atomic E-state index is 0.624. The fraction of sp³-hybridized carbons (Fsp3) is 0.636. The van der Waals surface area contributed by atoms with E-state index in [-0.39, 0.29) is 0 Å². The molecule has 0 radical (unpaired) electrons. The highest BCUT2D eigenvalue weighted by Gasteiger charge is 2.29. The molecule has 1 aliphatic carbocycles. The molecule has 1 aromatic heterocycles. The summed E-state index contributed by atoms with van der Waals surface area (Å²) in [6, 6.07) is 2.14. The van der Waals surface area contributed by atoms with Gasteiger partial charge in [0.05, 0.1) is 0 Å². The van der Waals surface area contributed by atoms with E-state index in [4.69, 9.17) is 10.2 Å². The summed E-state index contributed by atoms with van der Waals surface area (Å²) in [6.45, 7) is 2.79. The molecule has 2 heteroatoms. The van der Waals surface area contributed by atoms with Crippen molar-refractivity contribution in [3.63, 3.8) is 0 Å². The second kappa shape index (κ2) is 3.54. The standard InChI is InChI=1S/C11H17NO/c1-2-3-10-6-9(7-12)11(13-10)8-4-5-8/h6,8H,2-5,7,12H2,1H3. The molecule has 0 aliphatic heterocycles. The molecule has 0 aromatic carbocycles. The Morgan fingerprint density at radius 2 is 2.31 bits per heavy atom. The van der Waals surface area contributed by atoms with E-state index in [0.717, 1.165) is 18.6 Å². The summed E-state index contributed by atoms with van der Waals surface area (Å²) in [4.78, 5) is 0. The maximum Gasteiger partial charge on any atom is 0.111 e. The predicted molar refractivity (Wildman–Crippen MR) is 52.6 cm³/mol. The topological polar surface area (TPSA) is 39.2 Å². The lowest BCUT2D eigenvalue weighted by atomic mass is 10.1. The first-order valence-corrected chi connectivity index (χ1v) is 5.16. The largest absolute Gasteiger partial charge is 0.465 e. The Hall–Kier alpha value is -0.760. The maximum absolute atomic E-state index is 5.79. The van der Waals surface area contributed by atoms with E-state index in [0.29, 0.717) is 12.5 Å². The summed E-state index contributed by atoms with van der Waals surface area (Å²) in [5.74, 6) is 2.97. The Morgan fingerprint density at radius 1 is 1.54 bits per heavy atom. The van der Waals surface area contributed by atoms with Gasteiger partial charge < -0.3 is 10.2 Å². The average molecular weight is 179 g/mol. The molecule has 2 rings (SSSR count). The van der Waals surface area contributed by atoms with Gasteiger partial charge in [0.2, 0.25) is 0 Å². The molecule has 0 bridgehead atoms. The molecule has 0 spiro atoms. The quantitative estimate of drug-likeness (QED) is 0.771. The number of nitrogens with two attached hydrogens (primary N) is 1. The lowest BCUT2D eigenvalue weighted by Crippen LogP contribution is -1.96. The van der Waals surface area contributed by atoms with E-state index < -0.39 is 0 Å². The van der Waals surface area contributed by atoms with Crippen LogP contribution in [0, 0.1) is 0 Å². The first kappa shape index (κ1) is 8.82. The van der Waals surface area contributed by atoms with Crippen molar-refractivity contribution in [1.29, 1.82) is 0 Å². The van der Waals surface area contributed by atoms with Gasteiger partial charge in [0.1, 0.15) is 11.5 Å². The zero-order valence-corrected chi connectivity index (χ0v) is 8.18. The van der Waals surface area contributed by atoms with E-state index in [2.05, 4.69) is 13.0 Å². The lowest BCUT2D eigenvalue weighted by Gasteiger charge is -1.94. The van der Waals surface area contributed by atoms with Gasteiger partial charge in [0, 0.05) is 24.4 Å². The van der Waals surface area contributed by atoms with Crippen molar-refractivity contribution in [3.05, 3.63) is 23.2 Å². The molecule has 0 saturated heterocycles. The van der Waals surface area contributed by atoms with E-state index in [9.17, 15) is 0 Å². The summed E-state index contributed by atoms with van der Waals surface area (Å²) >= 11 is 0. The van der Waals surface area contributed by atoms with Crippen LogP contribution >= 0.6 is 0 Å². The van der Waals surface area contributed by atoms with Crippen molar-refractivity contribution in [3.8, 4) is 0 Å². The molecular formula is C11H17NO. The number of hydrogen-bond donors (Lipinski definition) is 1. The van der Waals surface area contributed by atoms with Crippen molar-refractivity contribution in [2.75, 3.05) is 0 Å². The molecule has 2 nitrogen and oxygen atoms in total. The highest BCUT2D eigenvalue weighted by molar-refractivity contribution is 5.27. The molecule has 1 saturated carbocycles. The van der Waals surface area contributed by atoms with Gasteiger partial charge in [-0.25, -0.2) is 0 Å². The molecule has 1 heterocycles. The van der Waals surface area contributed by atoms with Crippen molar-refractivity contribution in [2.45, 2.75) is 45.1 Å². The smallest absolute Gasteiger partial charge is 0.111 e. The fourth-order valence-electron chi connectivity index (χ4n) is 1.72. The number of aryl methyl sites for hydroxylation is 1. The summed E-state index contributed by atoms with van der Waals surface area (Å²) < 4.78 is 5.79. The van der Waals surface area contributed by atoms with E-state index in [1.807, 2.05) is 0 Å². The van der Waals surface area contributed by atoms with Crippen LogP contribution in [0.4, 0.5) is 0 Å². The van der Waals surface area contributed by atoms with E-state index in [1.165, 1.54) is 24.2 Å². The first-order chi connectivity index (χ1) is 6.35. The van der Waals surface area contributed by atoms with Crippen molar-refractivity contribution in [1.82, 2.24) is 0 Å². The van der Waals surface area contributed by atoms with Crippen LogP contribution in [0.1, 0.15) is 49.2 Å². The third kappa shape index (κ3) is 1.78. The summed E-state index contributed by atoms with van der Waals surface area (Å²) in [5.41, 5.74) is 6.89. The van der Waals surface area contributed by atoms with Gasteiger partial charge in [-0.1, -0.05) is 6.92 Å². The zero-order chi connectivity index (χ0) is 9.26. The highest BCUT2D eigenvalue weighted by atomic mass is 16.3. The van der Waals surface area contributed by atoms with Crippen molar-refractivity contribution >= 4 is 0 Å². The van der Waals surface area contributed by atoms with Gasteiger partial charge in [-0.2, -0.15) is 0 Å². The van der Waals surface area contributed by atoms with Gasteiger partial charge >= 0.3 is 0 Å². The molecule has 0 atom stereocenters. The van der Waals surface area contributed by atoms with Crippen LogP contribution in [0.3, 0.4) is 0 Å². The molecule has 13 heavy (non-hydrogen) atoms. The molecule has 2 N–H and O–H groups in total. The van der Waals surface area contributed by atoms with Gasteiger partial charge in [0.25, 0.3) is 0 Å². The number of furan rings is 1. The molecule has 72 valence electrons. The molecule has 1 aliphatic rings. The fourth-order valence-corrected chi connectivity index (χ4v) is 1.72. The summed E-state index contributed by atoms with van der Waals surface area (Å²) in [6.07, 6.45) is 4.75. The summed E-state index contributed by atoms with van der Waals surface area (Å²) in [7, 11) is 0. The monoisotopic (exact) mass is 179 g/mol. The third-order valence-electron chi connectivity index (χ3n) is 2.56. The maximum atomic E-state index is 5.79. The number of hydrogen-bond acceptors (Lipinski definition) is 2. The Bertz CT molecular complexity index is 286. The Labute approximate surface area is 79.1 Å². The summed E-state index contributed by atoms with van der Waals surface area (Å²) in [5, 5.41) is 0. The van der Waals surface area contributed by atoms with Crippen molar-refractivity contribution in [2.24, 2.45) is 5.73 Å². The SMILES string of the molecule is CCCc1cc(CN)c(C2CC2)o1. The van der Waals surface area contributed by atoms with Crippen LogP contribution in [0.15, 0.2) is 10.5 Å². The molecule has 0 amide bonds. The minimum Gasteiger partial charge on any atom is -0.465 e. The van der Waals surface area contributed by atoms with Crippen molar-refractivity contribution < 1.29 is 4.42 Å². The van der Waals surface area contributed by atoms with Crippen LogP contribution < -0.4 is 5.73 Å². The Kier molecular flexibility index (Phi) is 2.40. The van der Waals surface area contributed by atoms with Gasteiger partial charge in [-0.05, 0) is 25.3 Å². The normalized spacial score (nSPS) is 16.5. The molecule has 0 unspecified atom stereocenters. The number of rotatable bonds is 4. The third-order valence-corrected chi connectivity index (χ3v) is 2.56. The lowest BCUT2D eigenvalue weighted by molar-refractivity contribution is 0.461. The second-order valence-electron chi connectivity index (χ2n) is 3.83. The Balaban J connectivity index is 2.20. The molecule has 1 aromatic rings. The second-order valence-corrected chi connectivity index (χ2v) is 3.83. The van der Waals surface area contributed by atoms with Crippen LogP contribution in [0.25, 0.3) is 0 Å². The van der Waals surface area contributed by atoms with Gasteiger partial charge in [0.15, 0.2) is 0 Å². The van der Waals surface area contributed by atoms with Crippen LogP contribution in [0.5, 0.6) is 0 Å². The predicted octanol–water partition coefficient (Wildman–Crippen LogP) is 2.57.